The number of nitrogens with two attached hydrogens (primary N) is 1. The summed E-state index contributed by atoms with van der Waals surface area (Å²) in [7, 11) is 1.22. The Hall–Kier alpha value is -3.65. The van der Waals surface area contributed by atoms with E-state index in [4.69, 9.17) is 5.73 Å². The minimum absolute atomic E-state index is 0.0925. The van der Waals surface area contributed by atoms with Crippen molar-refractivity contribution in [2.45, 2.75) is 63.5 Å². The summed E-state index contributed by atoms with van der Waals surface area (Å²) in [6.07, 6.45) is -3.79. The molecule has 1 spiro atoms. The number of alkyl halides is 3. The number of halogens is 3. The molecule has 3 unspecified atom stereocenters. The van der Waals surface area contributed by atoms with E-state index in [1.165, 1.54) is 17.9 Å². The van der Waals surface area contributed by atoms with Gasteiger partial charge in [0.15, 0.2) is 5.54 Å². The lowest BCUT2D eigenvalue weighted by molar-refractivity contribution is -0.175. The molecule has 0 radical (unpaired) electrons. The molecule has 3 rings (SSSR count). The Bertz CT molecular complexity index is 1090. The quantitative estimate of drug-likeness (QED) is 0.446. The minimum Gasteiger partial charge on any atom is -0.368 e. The van der Waals surface area contributed by atoms with Crippen LogP contribution in [-0.2, 0) is 29.5 Å². The third-order valence-electron chi connectivity index (χ3n) is 6.43. The number of nitrogens with one attached hydrogen (secondary N) is 2. The van der Waals surface area contributed by atoms with Gasteiger partial charge >= 0.3 is 12.1 Å². The predicted molar refractivity (Wildman–Crippen MR) is 118 cm³/mol. The van der Waals surface area contributed by atoms with Gasteiger partial charge < -0.3 is 26.2 Å². The maximum Gasteiger partial charge on any atom is 0.471 e. The number of carbonyl (C=O) groups excluding carboxylic acids is 5. The van der Waals surface area contributed by atoms with E-state index in [-0.39, 0.29) is 25.3 Å². The largest absolute Gasteiger partial charge is 0.471 e. The van der Waals surface area contributed by atoms with E-state index in [1.807, 2.05) is 0 Å². The molecule has 198 valence electrons. The number of likely N-dealkylation sites (tertiary alicyclic amines) is 1. The smallest absolute Gasteiger partial charge is 0.368 e. The summed E-state index contributed by atoms with van der Waals surface area (Å²) in [6.45, 7) is 4.35. The van der Waals surface area contributed by atoms with Crippen molar-refractivity contribution in [3.63, 3.8) is 0 Å². The van der Waals surface area contributed by atoms with Crippen molar-refractivity contribution in [3.8, 4) is 0 Å². The van der Waals surface area contributed by atoms with Gasteiger partial charge in [0.25, 0.3) is 5.91 Å². The van der Waals surface area contributed by atoms with Crippen LogP contribution < -0.4 is 16.4 Å². The van der Waals surface area contributed by atoms with E-state index in [2.05, 4.69) is 10.4 Å². The van der Waals surface area contributed by atoms with Gasteiger partial charge in [0, 0.05) is 19.5 Å². The molecule has 0 saturated carbocycles. The monoisotopic (exact) mass is 515 g/mol. The normalized spacial score (nSPS) is 22.8. The zero-order valence-corrected chi connectivity index (χ0v) is 20.1. The molecule has 4 atom stereocenters. The van der Waals surface area contributed by atoms with Gasteiger partial charge in [-0.2, -0.15) is 18.3 Å². The molecule has 5 amide bonds. The van der Waals surface area contributed by atoms with E-state index in [9.17, 15) is 37.1 Å². The molecular formula is C21H28F3N7O5. The van der Waals surface area contributed by atoms with Crippen molar-refractivity contribution >= 4 is 35.4 Å². The fourth-order valence-electron chi connectivity index (χ4n) is 4.62. The zero-order valence-electron chi connectivity index (χ0n) is 20.1. The molecule has 1 aromatic rings. The van der Waals surface area contributed by atoms with Crippen LogP contribution in [-0.4, -0.2) is 87.0 Å². The number of fused-ring (bicyclic) bond motifs is 2. The number of hydrogen-bond acceptors (Lipinski definition) is 6. The highest BCUT2D eigenvalue weighted by molar-refractivity contribution is 6.03. The van der Waals surface area contributed by atoms with Crippen LogP contribution in [0.15, 0.2) is 12.3 Å². The Kier molecular flexibility index (Phi) is 7.06. The highest BCUT2D eigenvalue weighted by atomic mass is 19.4. The van der Waals surface area contributed by atoms with E-state index in [1.54, 1.807) is 25.2 Å². The van der Waals surface area contributed by atoms with Gasteiger partial charge in [-0.3, -0.25) is 24.0 Å². The number of aromatic nitrogens is 2. The zero-order chi connectivity index (χ0) is 27.2. The molecule has 1 fully saturated rings. The molecule has 0 aliphatic carbocycles. The fourth-order valence-corrected chi connectivity index (χ4v) is 4.62. The topological polar surface area (TPSA) is 160 Å². The first-order chi connectivity index (χ1) is 16.6. The number of hydrogen-bond donors (Lipinski definition) is 3. The Labute approximate surface area is 204 Å². The molecule has 15 heteroatoms. The number of anilines is 1. The highest BCUT2D eigenvalue weighted by Gasteiger charge is 2.58. The first-order valence-corrected chi connectivity index (χ1v) is 11.2. The van der Waals surface area contributed by atoms with Crippen molar-refractivity contribution in [2.75, 3.05) is 18.9 Å². The van der Waals surface area contributed by atoms with Gasteiger partial charge in [-0.25, -0.2) is 4.68 Å². The first-order valence-electron chi connectivity index (χ1n) is 11.2. The molecular weight excluding hydrogens is 487 g/mol. The summed E-state index contributed by atoms with van der Waals surface area (Å²) >= 11 is 0. The van der Waals surface area contributed by atoms with Gasteiger partial charge in [0.2, 0.25) is 17.7 Å². The Morgan fingerprint density at radius 1 is 1.31 bits per heavy atom. The minimum atomic E-state index is -5.19. The van der Waals surface area contributed by atoms with E-state index < -0.39 is 59.4 Å². The summed E-state index contributed by atoms with van der Waals surface area (Å²) in [5.74, 6) is -5.03. The standard InChI is InChI=1S/C21H28F3N7O5/c1-10(2)7-12(29(4)16(33)11(3)27-19(36)21(22,23)24)17(34)30-9-20(8-13(30)15(25)32)18(35)28-14-5-6-26-31(14)20/h5-6,10-13H,7-9H2,1-4H3,(H2,25,32)(H,27,36)(H,28,35)/t11?,12?,13-,20?/m0/s1. The summed E-state index contributed by atoms with van der Waals surface area (Å²) in [4.78, 5) is 65.2. The van der Waals surface area contributed by atoms with Gasteiger partial charge in [-0.15, -0.1) is 0 Å². The molecule has 2 aliphatic heterocycles. The fraction of sp³-hybridized carbons (Fsp3) is 0.619. The lowest BCUT2D eigenvalue weighted by Crippen LogP contribution is -2.57. The molecule has 12 nitrogen and oxygen atoms in total. The number of rotatable bonds is 7. The van der Waals surface area contributed by atoms with Crippen LogP contribution in [0.4, 0.5) is 19.0 Å². The van der Waals surface area contributed by atoms with E-state index in [0.717, 1.165) is 16.7 Å². The second-order valence-corrected chi connectivity index (χ2v) is 9.49. The molecule has 0 aromatic carbocycles. The van der Waals surface area contributed by atoms with Crippen LogP contribution in [0.5, 0.6) is 0 Å². The SMILES string of the molecule is CC(C)CC(C(=O)N1CC2(C[C@H]1C(N)=O)C(=O)Nc1ccnn12)N(C)C(=O)C(C)NC(=O)C(F)(F)F. The highest BCUT2D eigenvalue weighted by Crippen LogP contribution is 2.41. The maximum absolute atomic E-state index is 13.7. The van der Waals surface area contributed by atoms with E-state index in [0.29, 0.717) is 5.82 Å². The maximum atomic E-state index is 13.7. The number of primary amides is 1. The Balaban J connectivity index is 1.89. The average Bonchev–Trinajstić information content (AvgIpc) is 3.46. The van der Waals surface area contributed by atoms with Crippen LogP contribution in [0.3, 0.4) is 0 Å². The van der Waals surface area contributed by atoms with Crippen LogP contribution in [0, 0.1) is 5.92 Å². The molecule has 1 saturated heterocycles. The molecule has 36 heavy (non-hydrogen) atoms. The summed E-state index contributed by atoms with van der Waals surface area (Å²) in [5.41, 5.74) is 4.19. The van der Waals surface area contributed by atoms with Crippen LogP contribution in [0.1, 0.15) is 33.6 Å². The molecule has 4 N–H and O–H groups in total. The average molecular weight is 515 g/mol. The second kappa shape index (κ2) is 9.43. The number of amides is 5. The van der Waals surface area contributed by atoms with Gasteiger partial charge in [-0.1, -0.05) is 13.8 Å². The summed E-state index contributed by atoms with van der Waals surface area (Å²) in [5, 5.41) is 8.37. The Morgan fingerprint density at radius 2 is 1.94 bits per heavy atom. The summed E-state index contributed by atoms with van der Waals surface area (Å²) < 4.78 is 39.3. The number of nitrogens with zero attached hydrogens (tertiary/aromatic N) is 4. The second-order valence-electron chi connectivity index (χ2n) is 9.49. The van der Waals surface area contributed by atoms with Crippen LogP contribution >= 0.6 is 0 Å². The molecule has 2 aliphatic rings. The van der Waals surface area contributed by atoms with Crippen molar-refractivity contribution < 1.29 is 37.1 Å². The van der Waals surface area contributed by atoms with Crippen molar-refractivity contribution in [3.05, 3.63) is 12.3 Å². The molecule has 3 heterocycles. The van der Waals surface area contributed by atoms with E-state index >= 15 is 0 Å². The summed E-state index contributed by atoms with van der Waals surface area (Å²) in [6, 6.07) is -2.43. The first kappa shape index (κ1) is 26.9. The predicted octanol–water partition coefficient (Wildman–Crippen LogP) is -0.443. The third kappa shape index (κ3) is 4.73. The molecule has 1 aromatic heterocycles. The van der Waals surface area contributed by atoms with Gasteiger partial charge in [0.05, 0.1) is 12.7 Å². The lowest BCUT2D eigenvalue weighted by Gasteiger charge is -2.35. The van der Waals surface area contributed by atoms with Crippen molar-refractivity contribution in [1.82, 2.24) is 24.9 Å². The lowest BCUT2D eigenvalue weighted by atomic mass is 9.96. The van der Waals surface area contributed by atoms with Gasteiger partial charge in [0.1, 0.15) is 23.9 Å². The Morgan fingerprint density at radius 3 is 2.50 bits per heavy atom. The third-order valence-corrected chi connectivity index (χ3v) is 6.43. The molecule has 0 bridgehead atoms. The van der Waals surface area contributed by atoms with Crippen molar-refractivity contribution in [1.29, 1.82) is 0 Å². The number of carbonyl (C=O) groups is 5. The van der Waals surface area contributed by atoms with Crippen LogP contribution in [0.2, 0.25) is 0 Å². The van der Waals surface area contributed by atoms with Crippen LogP contribution in [0.25, 0.3) is 0 Å². The van der Waals surface area contributed by atoms with Gasteiger partial charge in [-0.05, 0) is 19.3 Å². The van der Waals surface area contributed by atoms with Crippen molar-refractivity contribution in [2.24, 2.45) is 11.7 Å². The number of likely N-dealkylation sites (N-methyl/N-ethyl adjacent to an activating group) is 1.